The Balaban J connectivity index is 1.58. The van der Waals surface area contributed by atoms with Crippen molar-refractivity contribution in [2.24, 2.45) is 0 Å². The van der Waals surface area contributed by atoms with Gasteiger partial charge >= 0.3 is 0 Å². The van der Waals surface area contributed by atoms with Crippen molar-refractivity contribution in [3.8, 4) is 5.75 Å². The zero-order valence-electron chi connectivity index (χ0n) is 16.9. The molecule has 2 fully saturated rings. The smallest absolute Gasteiger partial charge is 0.241 e. The van der Waals surface area contributed by atoms with Gasteiger partial charge in [0.15, 0.2) is 0 Å². The summed E-state index contributed by atoms with van der Waals surface area (Å²) in [5.41, 5.74) is 0.0664. The maximum Gasteiger partial charge on any atom is 0.241 e. The Hall–Kier alpha value is -2.56. The molecule has 0 bridgehead atoms. The minimum atomic E-state index is -3.97. The topological polar surface area (TPSA) is 89.0 Å². The second-order valence-corrected chi connectivity index (χ2v) is 9.46. The van der Waals surface area contributed by atoms with Crippen LogP contribution in [0, 0.1) is 5.82 Å². The van der Waals surface area contributed by atoms with E-state index in [9.17, 15) is 17.6 Å². The summed E-state index contributed by atoms with van der Waals surface area (Å²) in [5.74, 6) is -0.896. The quantitative estimate of drug-likeness (QED) is 0.663. The number of morpholine rings is 1. The number of hydrogen-bond acceptors (Lipinski definition) is 6. The first-order valence-electron chi connectivity index (χ1n) is 10.1. The third-order valence-corrected chi connectivity index (χ3v) is 7.21. The van der Waals surface area contributed by atoms with Gasteiger partial charge in [0.25, 0.3) is 0 Å². The third kappa shape index (κ3) is 5.03. The van der Waals surface area contributed by atoms with E-state index in [1.54, 1.807) is 29.3 Å². The van der Waals surface area contributed by atoms with E-state index in [4.69, 9.17) is 9.47 Å². The molecule has 10 heteroatoms. The minimum Gasteiger partial charge on any atom is -0.487 e. The Morgan fingerprint density at radius 2 is 1.97 bits per heavy atom. The number of aromatic nitrogens is 1. The fourth-order valence-electron chi connectivity index (χ4n) is 3.88. The number of carbonyl (C=O) groups is 1. The van der Waals surface area contributed by atoms with Crippen LogP contribution >= 0.6 is 0 Å². The van der Waals surface area contributed by atoms with Crippen LogP contribution in [0.5, 0.6) is 5.75 Å². The third-order valence-electron chi connectivity index (χ3n) is 5.42. The first-order chi connectivity index (χ1) is 14.9. The molecule has 2 aliphatic heterocycles. The first-order valence-corrected chi connectivity index (χ1v) is 11.7. The van der Waals surface area contributed by atoms with E-state index in [2.05, 4.69) is 4.98 Å². The fourth-order valence-corrected chi connectivity index (χ4v) is 5.63. The Morgan fingerprint density at radius 1 is 1.19 bits per heavy atom. The van der Waals surface area contributed by atoms with Crippen LogP contribution in [0.15, 0.2) is 48.8 Å². The predicted octanol–water partition coefficient (Wildman–Crippen LogP) is 1.43. The van der Waals surface area contributed by atoms with E-state index < -0.39 is 33.7 Å². The summed E-state index contributed by atoms with van der Waals surface area (Å²) in [5, 5.41) is 0. The number of benzene rings is 1. The van der Waals surface area contributed by atoms with E-state index in [1.165, 1.54) is 24.4 Å². The lowest BCUT2D eigenvalue weighted by Gasteiger charge is -2.32. The normalized spacial score (nSPS) is 22.4. The van der Waals surface area contributed by atoms with Gasteiger partial charge in [0.1, 0.15) is 23.7 Å². The van der Waals surface area contributed by atoms with Crippen molar-refractivity contribution >= 4 is 15.9 Å². The number of rotatable bonds is 6. The highest BCUT2D eigenvalue weighted by molar-refractivity contribution is 7.88. The molecule has 31 heavy (non-hydrogen) atoms. The molecule has 8 nitrogen and oxygen atoms in total. The molecule has 166 valence electrons. The summed E-state index contributed by atoms with van der Waals surface area (Å²) in [7, 11) is -3.97. The summed E-state index contributed by atoms with van der Waals surface area (Å²) in [6, 6.07) is 8.28. The molecule has 4 rings (SSSR count). The van der Waals surface area contributed by atoms with Crippen molar-refractivity contribution in [1.29, 1.82) is 0 Å². The molecule has 0 saturated carbocycles. The molecular weight excluding hydrogens is 425 g/mol. The van der Waals surface area contributed by atoms with Crippen molar-refractivity contribution in [2.45, 2.75) is 24.3 Å². The molecule has 2 aliphatic rings. The van der Waals surface area contributed by atoms with Crippen LogP contribution in [-0.2, 0) is 25.3 Å². The molecule has 1 amide bonds. The van der Waals surface area contributed by atoms with Crippen molar-refractivity contribution < 1.29 is 27.1 Å². The van der Waals surface area contributed by atoms with Crippen molar-refractivity contribution in [1.82, 2.24) is 14.2 Å². The van der Waals surface area contributed by atoms with Crippen LogP contribution in [0.25, 0.3) is 0 Å². The van der Waals surface area contributed by atoms with Gasteiger partial charge in [0, 0.05) is 31.3 Å². The average Bonchev–Trinajstić information content (AvgIpc) is 3.21. The molecule has 3 heterocycles. The Morgan fingerprint density at radius 3 is 2.68 bits per heavy atom. The number of nitrogens with zero attached hydrogens (tertiary/aromatic N) is 3. The van der Waals surface area contributed by atoms with E-state index in [0.29, 0.717) is 32.1 Å². The second kappa shape index (κ2) is 9.29. The lowest BCUT2D eigenvalue weighted by atomic mass is 10.1. The number of amides is 1. The fraction of sp³-hybridized carbons (Fsp3) is 0.429. The lowest BCUT2D eigenvalue weighted by molar-refractivity contribution is -0.138. The zero-order valence-corrected chi connectivity index (χ0v) is 17.7. The Labute approximate surface area is 180 Å². The number of halogens is 1. The highest BCUT2D eigenvalue weighted by Crippen LogP contribution is 2.29. The molecular formula is C21H24FN3O5S. The number of ether oxygens (including phenoxy) is 2. The number of hydrogen-bond donors (Lipinski definition) is 0. The minimum absolute atomic E-state index is 0.00638. The molecule has 0 radical (unpaired) electrons. The van der Waals surface area contributed by atoms with E-state index in [1.807, 2.05) is 0 Å². The van der Waals surface area contributed by atoms with Gasteiger partial charge in [-0.3, -0.25) is 9.78 Å². The van der Waals surface area contributed by atoms with E-state index >= 15 is 0 Å². The van der Waals surface area contributed by atoms with Crippen LogP contribution in [0.4, 0.5) is 4.39 Å². The van der Waals surface area contributed by atoms with Gasteiger partial charge in [-0.05, 0) is 18.2 Å². The summed E-state index contributed by atoms with van der Waals surface area (Å²) in [4.78, 5) is 18.8. The zero-order chi connectivity index (χ0) is 21.8. The van der Waals surface area contributed by atoms with Crippen LogP contribution < -0.4 is 4.74 Å². The predicted molar refractivity (Wildman–Crippen MR) is 110 cm³/mol. The molecule has 1 aromatic heterocycles. The molecule has 2 saturated heterocycles. The molecule has 1 aromatic carbocycles. The molecule has 2 aromatic rings. The lowest BCUT2D eigenvalue weighted by Crippen LogP contribution is -2.51. The number of pyridine rings is 1. The highest BCUT2D eigenvalue weighted by atomic mass is 32.2. The largest absolute Gasteiger partial charge is 0.487 e. The SMILES string of the molecule is O=C([C@@H]1C[C@H](Oc2cccnc2)CN1S(=O)(=O)Cc1ccccc1F)N1CCOCC1. The van der Waals surface area contributed by atoms with Crippen molar-refractivity contribution in [3.05, 3.63) is 60.2 Å². The Kier molecular flexibility index (Phi) is 6.49. The van der Waals surface area contributed by atoms with Gasteiger partial charge in [-0.2, -0.15) is 4.31 Å². The summed E-state index contributed by atoms with van der Waals surface area (Å²) >= 11 is 0. The molecule has 0 aliphatic carbocycles. The van der Waals surface area contributed by atoms with Gasteiger partial charge in [-0.1, -0.05) is 18.2 Å². The van der Waals surface area contributed by atoms with E-state index in [0.717, 1.165) is 4.31 Å². The monoisotopic (exact) mass is 449 g/mol. The van der Waals surface area contributed by atoms with Gasteiger partial charge < -0.3 is 14.4 Å². The molecule has 0 N–H and O–H groups in total. The van der Waals surface area contributed by atoms with Crippen LogP contribution in [-0.4, -0.2) is 73.5 Å². The Bertz CT molecular complexity index is 1010. The van der Waals surface area contributed by atoms with Gasteiger partial charge in [-0.25, -0.2) is 12.8 Å². The molecule has 0 spiro atoms. The maximum atomic E-state index is 14.1. The maximum absolute atomic E-state index is 14.1. The first kappa shape index (κ1) is 21.7. The van der Waals surface area contributed by atoms with Gasteiger partial charge in [0.2, 0.25) is 15.9 Å². The number of sulfonamides is 1. The van der Waals surface area contributed by atoms with Gasteiger partial charge in [0.05, 0.1) is 31.7 Å². The average molecular weight is 450 g/mol. The van der Waals surface area contributed by atoms with Gasteiger partial charge in [-0.15, -0.1) is 0 Å². The van der Waals surface area contributed by atoms with Crippen LogP contribution in [0.3, 0.4) is 0 Å². The summed E-state index contributed by atoms with van der Waals surface area (Å²) in [6.07, 6.45) is 2.84. The molecule has 2 atom stereocenters. The van der Waals surface area contributed by atoms with Crippen molar-refractivity contribution in [3.63, 3.8) is 0 Å². The highest BCUT2D eigenvalue weighted by Gasteiger charge is 2.46. The van der Waals surface area contributed by atoms with Crippen LogP contribution in [0.2, 0.25) is 0 Å². The molecule has 0 unspecified atom stereocenters. The van der Waals surface area contributed by atoms with E-state index in [-0.39, 0.29) is 24.4 Å². The second-order valence-electron chi connectivity index (χ2n) is 7.54. The summed E-state index contributed by atoms with van der Waals surface area (Å²) < 4.78 is 53.0. The standard InChI is InChI=1S/C21H24FN3O5S/c22-19-6-2-1-4-16(19)15-31(27,28)25-14-18(30-17-5-3-7-23-13-17)12-20(25)21(26)24-8-10-29-11-9-24/h1-7,13,18,20H,8-12,14-15H2/t18-,20-/m0/s1. The summed E-state index contributed by atoms with van der Waals surface area (Å²) in [6.45, 7) is 1.65. The number of carbonyl (C=O) groups excluding carboxylic acids is 1. The van der Waals surface area contributed by atoms with Crippen LogP contribution in [0.1, 0.15) is 12.0 Å². The van der Waals surface area contributed by atoms with Crippen molar-refractivity contribution in [2.75, 3.05) is 32.8 Å².